The second kappa shape index (κ2) is 15.3. The molecular weight excluding hydrogens is 436 g/mol. The van der Waals surface area contributed by atoms with Crippen molar-refractivity contribution in [2.24, 2.45) is 11.8 Å². The molecular formula is C31H48O4. The molecule has 2 bridgehead atoms. The molecule has 2 saturated carbocycles. The Balaban J connectivity index is 1.62. The number of carbonyl (C=O) groups excluding carboxylic acids is 2. The third kappa shape index (κ3) is 8.36. The van der Waals surface area contributed by atoms with E-state index in [1.54, 1.807) is 6.07 Å². The lowest BCUT2D eigenvalue weighted by atomic mass is 9.80. The van der Waals surface area contributed by atoms with Crippen LogP contribution in [0.3, 0.4) is 0 Å². The molecule has 0 radical (unpaired) electrons. The highest BCUT2D eigenvalue weighted by molar-refractivity contribution is 6.04. The Bertz CT molecular complexity index is 786. The van der Waals surface area contributed by atoms with Crippen molar-refractivity contribution in [3.63, 3.8) is 0 Å². The van der Waals surface area contributed by atoms with Crippen molar-refractivity contribution >= 4 is 11.9 Å². The summed E-state index contributed by atoms with van der Waals surface area (Å²) in [7, 11) is 0. The molecule has 4 heteroatoms. The average Bonchev–Trinajstić information content (AvgIpc) is 3.51. The van der Waals surface area contributed by atoms with Gasteiger partial charge in [-0.3, -0.25) is 0 Å². The van der Waals surface area contributed by atoms with Crippen molar-refractivity contribution in [1.29, 1.82) is 0 Å². The number of ether oxygens (including phenoxy) is 2. The Morgan fingerprint density at radius 1 is 0.743 bits per heavy atom. The van der Waals surface area contributed by atoms with Crippen molar-refractivity contribution in [1.82, 2.24) is 0 Å². The van der Waals surface area contributed by atoms with Gasteiger partial charge in [0, 0.05) is 0 Å². The molecule has 0 saturated heterocycles. The maximum atomic E-state index is 13.3. The third-order valence-electron chi connectivity index (χ3n) is 8.12. The Hall–Kier alpha value is -1.84. The molecule has 1 aromatic rings. The van der Waals surface area contributed by atoms with Gasteiger partial charge >= 0.3 is 11.9 Å². The second-order valence-electron chi connectivity index (χ2n) is 10.9. The summed E-state index contributed by atoms with van der Waals surface area (Å²) in [6, 6.07) is 5.73. The van der Waals surface area contributed by atoms with Crippen LogP contribution in [-0.4, -0.2) is 25.2 Å². The minimum atomic E-state index is -0.380. The molecule has 196 valence electrons. The zero-order valence-corrected chi connectivity index (χ0v) is 22.3. The monoisotopic (exact) mass is 484 g/mol. The Morgan fingerprint density at radius 2 is 1.34 bits per heavy atom. The lowest BCUT2D eigenvalue weighted by Gasteiger charge is -2.25. The van der Waals surface area contributed by atoms with Crippen LogP contribution < -0.4 is 0 Å². The summed E-state index contributed by atoms with van der Waals surface area (Å²) in [4.78, 5) is 26.4. The normalized spacial score (nSPS) is 20.8. The molecule has 2 aliphatic rings. The second-order valence-corrected chi connectivity index (χ2v) is 10.9. The highest BCUT2D eigenvalue weighted by atomic mass is 16.5. The van der Waals surface area contributed by atoms with E-state index in [4.69, 9.17) is 9.47 Å². The van der Waals surface area contributed by atoms with Crippen LogP contribution in [-0.2, 0) is 9.47 Å². The van der Waals surface area contributed by atoms with Gasteiger partial charge in [0.2, 0.25) is 0 Å². The van der Waals surface area contributed by atoms with Gasteiger partial charge in [0.1, 0.15) is 0 Å². The van der Waals surface area contributed by atoms with E-state index in [0.29, 0.717) is 36.2 Å². The number of hydrogen-bond acceptors (Lipinski definition) is 4. The number of unbranched alkanes of at least 4 members (excludes halogenated alkanes) is 10. The highest BCUT2D eigenvalue weighted by Crippen LogP contribution is 2.53. The number of rotatable bonds is 17. The fourth-order valence-electron chi connectivity index (χ4n) is 6.15. The Labute approximate surface area is 213 Å². The third-order valence-corrected chi connectivity index (χ3v) is 8.12. The first-order valence-electron chi connectivity index (χ1n) is 14.6. The lowest BCUT2D eigenvalue weighted by Crippen LogP contribution is -2.20. The zero-order chi connectivity index (χ0) is 24.9. The lowest BCUT2D eigenvalue weighted by molar-refractivity contribution is 0.0448. The van der Waals surface area contributed by atoms with Gasteiger partial charge in [-0.25, -0.2) is 9.59 Å². The number of carbonyl (C=O) groups is 2. The maximum absolute atomic E-state index is 13.3. The molecule has 3 unspecified atom stereocenters. The molecule has 4 nitrogen and oxygen atoms in total. The van der Waals surface area contributed by atoms with Crippen LogP contribution in [0.4, 0.5) is 0 Å². The van der Waals surface area contributed by atoms with Crippen molar-refractivity contribution in [3.05, 3.63) is 34.9 Å². The summed E-state index contributed by atoms with van der Waals surface area (Å²) in [5, 5.41) is 0. The van der Waals surface area contributed by atoms with E-state index < -0.39 is 0 Å². The topological polar surface area (TPSA) is 52.6 Å². The van der Waals surface area contributed by atoms with Crippen LogP contribution in [0.2, 0.25) is 0 Å². The molecule has 2 fully saturated rings. The molecule has 35 heavy (non-hydrogen) atoms. The van der Waals surface area contributed by atoms with Gasteiger partial charge in [0.25, 0.3) is 0 Å². The summed E-state index contributed by atoms with van der Waals surface area (Å²) in [5.74, 6) is 1.02. The van der Waals surface area contributed by atoms with E-state index in [9.17, 15) is 9.59 Å². The quantitative estimate of drug-likeness (QED) is 0.164. The summed E-state index contributed by atoms with van der Waals surface area (Å²) < 4.78 is 11.4. The predicted octanol–water partition coefficient (Wildman–Crippen LogP) is 8.62. The molecule has 0 N–H and O–H groups in total. The highest BCUT2D eigenvalue weighted by Gasteiger charge is 2.42. The molecule has 1 aromatic carbocycles. The van der Waals surface area contributed by atoms with Gasteiger partial charge in [-0.05, 0) is 61.5 Å². The van der Waals surface area contributed by atoms with Crippen LogP contribution in [0.5, 0.6) is 0 Å². The average molecular weight is 485 g/mol. The van der Waals surface area contributed by atoms with E-state index in [0.717, 1.165) is 43.6 Å². The minimum absolute atomic E-state index is 0.344. The van der Waals surface area contributed by atoms with Gasteiger partial charge in [-0.15, -0.1) is 0 Å². The molecule has 0 aliphatic heterocycles. The van der Waals surface area contributed by atoms with Crippen LogP contribution in [0.1, 0.15) is 149 Å². The Morgan fingerprint density at radius 3 is 1.91 bits per heavy atom. The fraction of sp³-hybridized carbons (Fsp3) is 0.742. The standard InChI is InChI=1S/C31H48O4/c1-3-5-7-9-11-13-20-34-30(32)27-17-15-16-26(28-23-24-18-19-25(28)22-24)29(27)31(33)35-21-14-12-10-8-6-4-2/h15-17,24-25,28H,3-14,18-23H2,1-2H3. The smallest absolute Gasteiger partial charge is 0.339 e. The number of esters is 2. The van der Waals surface area contributed by atoms with Crippen molar-refractivity contribution in [3.8, 4) is 0 Å². The number of fused-ring (bicyclic) bond motifs is 2. The van der Waals surface area contributed by atoms with E-state index in [1.807, 2.05) is 6.07 Å². The van der Waals surface area contributed by atoms with Gasteiger partial charge in [-0.1, -0.05) is 96.6 Å². The summed E-state index contributed by atoms with van der Waals surface area (Å²) in [6.07, 6.45) is 18.7. The van der Waals surface area contributed by atoms with Crippen LogP contribution >= 0.6 is 0 Å². The van der Waals surface area contributed by atoms with Crippen LogP contribution in [0.25, 0.3) is 0 Å². The SMILES string of the molecule is CCCCCCCCOC(=O)c1cccc(C2CC3CCC2C3)c1C(=O)OCCCCCCCC. The van der Waals surface area contributed by atoms with E-state index in [2.05, 4.69) is 19.9 Å². The summed E-state index contributed by atoms with van der Waals surface area (Å²) in [5.41, 5.74) is 1.88. The molecule has 0 heterocycles. The molecule has 0 amide bonds. The molecule has 2 aliphatic carbocycles. The van der Waals surface area contributed by atoms with Gasteiger partial charge in [0.05, 0.1) is 24.3 Å². The number of hydrogen-bond donors (Lipinski definition) is 0. The Kier molecular flexibility index (Phi) is 12.1. The number of benzene rings is 1. The molecule has 0 spiro atoms. The largest absolute Gasteiger partial charge is 0.462 e. The van der Waals surface area contributed by atoms with Gasteiger partial charge in [-0.2, -0.15) is 0 Å². The van der Waals surface area contributed by atoms with Crippen molar-refractivity contribution in [2.45, 2.75) is 122 Å². The van der Waals surface area contributed by atoms with Crippen molar-refractivity contribution < 1.29 is 19.1 Å². The fourth-order valence-corrected chi connectivity index (χ4v) is 6.15. The van der Waals surface area contributed by atoms with E-state index >= 15 is 0 Å². The van der Waals surface area contributed by atoms with Gasteiger partial charge in [0.15, 0.2) is 0 Å². The summed E-state index contributed by atoms with van der Waals surface area (Å²) >= 11 is 0. The first-order valence-corrected chi connectivity index (χ1v) is 14.6. The molecule has 3 atom stereocenters. The first-order chi connectivity index (χ1) is 17.2. The predicted molar refractivity (Wildman–Crippen MR) is 142 cm³/mol. The van der Waals surface area contributed by atoms with E-state index in [-0.39, 0.29) is 11.9 Å². The molecule has 3 rings (SSSR count). The maximum Gasteiger partial charge on any atom is 0.339 e. The molecule has 0 aromatic heterocycles. The summed E-state index contributed by atoms with van der Waals surface area (Å²) in [6.45, 7) is 5.26. The van der Waals surface area contributed by atoms with E-state index in [1.165, 1.54) is 70.6 Å². The zero-order valence-electron chi connectivity index (χ0n) is 22.3. The first kappa shape index (κ1) is 27.7. The van der Waals surface area contributed by atoms with Crippen LogP contribution in [0, 0.1) is 11.8 Å². The minimum Gasteiger partial charge on any atom is -0.462 e. The van der Waals surface area contributed by atoms with Gasteiger partial charge < -0.3 is 9.47 Å². The van der Waals surface area contributed by atoms with Crippen LogP contribution in [0.15, 0.2) is 18.2 Å². The van der Waals surface area contributed by atoms with Crippen molar-refractivity contribution in [2.75, 3.05) is 13.2 Å².